The standard InChI is InChI=1S/C36H41FN2O5.C33H37FN2O3/c1-22(2)34-30(16-15-27-18-28(17-23(3)40)44-36(4,5)43-27)33(24-11-13-26(37)14-12-24)31-20-39(32(41)21-42-6)19-25-9-7-8-10-29(25)35(31)38-34;1-20(2)31-28(15-14-25-17-26(16-21(3)37)39-33(4,5)38-25)30(22-10-12-24(34)13-11-22)29-19-35-18-23-8-6-7-9-27(23)32(29)36-31/h7-16,22,27-28H,17-21H2,1-6H3;6-15,20,25-26,35H,16-19H2,1-5H3/b16-15+;15-14+/t27-,28+;25-,26+/m11/s1. The maximum Gasteiger partial charge on any atom is 0.249 e. The molecule has 4 atom stereocenters. The molecule has 0 bridgehead atoms. The number of ether oxygens (including phenoxy) is 5. The number of carbonyl (C=O) groups is 3. The lowest BCUT2D eigenvalue weighted by atomic mass is 9.87. The van der Waals surface area contributed by atoms with Crippen LogP contribution in [-0.2, 0) is 64.2 Å². The van der Waals surface area contributed by atoms with Gasteiger partial charge in [-0.05, 0) is 111 Å². The van der Waals surface area contributed by atoms with Gasteiger partial charge in [0.2, 0.25) is 5.91 Å². The molecular formula is C69H78F2N4O8. The Labute approximate surface area is 487 Å². The second-order valence-corrected chi connectivity index (χ2v) is 23.7. The van der Waals surface area contributed by atoms with E-state index in [0.717, 1.165) is 90.5 Å². The van der Waals surface area contributed by atoms with Gasteiger partial charge in [-0.3, -0.25) is 24.4 Å². The van der Waals surface area contributed by atoms with Crippen molar-refractivity contribution in [3.63, 3.8) is 0 Å². The number of pyridine rings is 2. The minimum absolute atomic E-state index is 0.0358. The Morgan fingerprint density at radius 3 is 1.54 bits per heavy atom. The summed E-state index contributed by atoms with van der Waals surface area (Å²) in [5.41, 5.74) is 15.6. The van der Waals surface area contributed by atoms with E-state index in [4.69, 9.17) is 33.7 Å². The largest absolute Gasteiger partial charge is 0.375 e. The van der Waals surface area contributed by atoms with Crippen molar-refractivity contribution in [3.8, 4) is 44.8 Å². The molecule has 6 heterocycles. The molecule has 4 aliphatic heterocycles. The molecule has 6 aromatic rings. The molecule has 0 unspecified atom stereocenters. The van der Waals surface area contributed by atoms with E-state index in [-0.39, 0.29) is 72.0 Å². The second kappa shape index (κ2) is 25.9. The summed E-state index contributed by atoms with van der Waals surface area (Å²) in [4.78, 5) is 49.4. The van der Waals surface area contributed by atoms with Crippen LogP contribution in [-0.4, -0.2) is 82.0 Å². The summed E-state index contributed by atoms with van der Waals surface area (Å²) >= 11 is 0. The molecule has 0 spiro atoms. The normalized spacial score (nSPS) is 20.0. The highest BCUT2D eigenvalue weighted by atomic mass is 19.1. The second-order valence-electron chi connectivity index (χ2n) is 23.7. The van der Waals surface area contributed by atoms with Crippen molar-refractivity contribution in [1.29, 1.82) is 0 Å². The van der Waals surface area contributed by atoms with Crippen molar-refractivity contribution in [2.24, 2.45) is 0 Å². The minimum Gasteiger partial charge on any atom is -0.375 e. The number of fused-ring (bicyclic) bond motifs is 6. The lowest BCUT2D eigenvalue weighted by Crippen LogP contribution is -2.44. The van der Waals surface area contributed by atoms with Gasteiger partial charge in [-0.15, -0.1) is 0 Å². The maximum absolute atomic E-state index is 14.2. The van der Waals surface area contributed by atoms with Gasteiger partial charge in [0.05, 0.1) is 47.2 Å². The van der Waals surface area contributed by atoms with Crippen molar-refractivity contribution in [3.05, 3.63) is 166 Å². The number of hydrogen-bond acceptors (Lipinski definition) is 11. The van der Waals surface area contributed by atoms with Crippen LogP contribution in [0.3, 0.4) is 0 Å². The number of aromatic nitrogens is 2. The molecule has 1 N–H and O–H groups in total. The number of benzene rings is 4. The van der Waals surface area contributed by atoms with Crippen LogP contribution in [0.1, 0.15) is 152 Å². The van der Waals surface area contributed by atoms with Gasteiger partial charge < -0.3 is 33.9 Å². The molecule has 1 amide bonds. The zero-order valence-corrected chi connectivity index (χ0v) is 49.7. The number of carbonyl (C=O) groups excluding carboxylic acids is 3. The first kappa shape index (κ1) is 60.7. The number of methoxy groups -OCH3 is 1. The van der Waals surface area contributed by atoms with Crippen LogP contribution in [0, 0.1) is 11.6 Å². The summed E-state index contributed by atoms with van der Waals surface area (Å²) in [7, 11) is 1.52. The number of hydrogen-bond donors (Lipinski definition) is 1. The molecule has 0 saturated carbocycles. The van der Waals surface area contributed by atoms with Gasteiger partial charge in [0, 0.05) is 92.4 Å². The van der Waals surface area contributed by atoms with Gasteiger partial charge >= 0.3 is 0 Å². The average molecular weight is 1130 g/mol. The van der Waals surface area contributed by atoms with Gasteiger partial charge in [-0.1, -0.05) is 125 Å². The molecule has 4 aromatic carbocycles. The number of amides is 1. The van der Waals surface area contributed by atoms with Crippen LogP contribution in [0.2, 0.25) is 0 Å². The van der Waals surface area contributed by atoms with E-state index in [1.54, 1.807) is 30.9 Å². The third kappa shape index (κ3) is 14.5. The Bertz CT molecular complexity index is 3410. The Kier molecular flexibility index (Phi) is 19.0. The molecule has 12 nitrogen and oxygen atoms in total. The number of halogens is 2. The highest BCUT2D eigenvalue weighted by molar-refractivity contribution is 5.88. The lowest BCUT2D eigenvalue weighted by molar-refractivity contribution is -0.290. The van der Waals surface area contributed by atoms with E-state index in [9.17, 15) is 23.2 Å². The van der Waals surface area contributed by atoms with Gasteiger partial charge in [0.15, 0.2) is 11.6 Å². The third-order valence-corrected chi connectivity index (χ3v) is 15.3. The van der Waals surface area contributed by atoms with Crippen LogP contribution in [0.25, 0.3) is 56.9 Å². The monoisotopic (exact) mass is 1130 g/mol. The summed E-state index contributed by atoms with van der Waals surface area (Å²) in [5, 5.41) is 3.59. The molecular weight excluding hydrogens is 1050 g/mol. The average Bonchev–Trinajstić information content (AvgIpc) is 2.68. The van der Waals surface area contributed by atoms with Crippen LogP contribution >= 0.6 is 0 Å². The highest BCUT2D eigenvalue weighted by Crippen LogP contribution is 2.44. The fourth-order valence-electron chi connectivity index (χ4n) is 12.0. The van der Waals surface area contributed by atoms with E-state index >= 15 is 0 Å². The third-order valence-electron chi connectivity index (χ3n) is 15.3. The zero-order valence-electron chi connectivity index (χ0n) is 49.7. The highest BCUT2D eigenvalue weighted by Gasteiger charge is 2.37. The molecule has 2 saturated heterocycles. The summed E-state index contributed by atoms with van der Waals surface area (Å²) in [6.45, 7) is 21.3. The van der Waals surface area contributed by atoms with Gasteiger partial charge in [-0.25, -0.2) is 8.78 Å². The van der Waals surface area contributed by atoms with Crippen molar-refractivity contribution in [2.45, 2.75) is 169 Å². The van der Waals surface area contributed by atoms with Gasteiger partial charge in [0.25, 0.3) is 0 Å². The molecule has 2 fully saturated rings. The SMILES string of the molecule is CC(=O)C[C@H]1C[C@@H](/C=C/c2c(C(C)C)nc3c(c2-c2ccc(F)cc2)CNCc2ccccc2-3)OC(C)(C)O1.COCC(=O)N1Cc2ccccc2-c2nc(C(C)C)c(/C=C/[C@@H]3C[C@H](CC(C)=O)OC(C)(C)O3)c(-c3ccc(F)cc3)c2C1. The van der Waals surface area contributed by atoms with Crippen molar-refractivity contribution >= 4 is 29.6 Å². The number of ketones is 2. The van der Waals surface area contributed by atoms with Crippen LogP contribution in [0.15, 0.2) is 109 Å². The van der Waals surface area contributed by atoms with Crippen LogP contribution in [0.4, 0.5) is 8.78 Å². The Morgan fingerprint density at radius 2 is 1.07 bits per heavy atom. The van der Waals surface area contributed by atoms with Crippen molar-refractivity contribution in [1.82, 2.24) is 20.2 Å². The predicted octanol–water partition coefficient (Wildman–Crippen LogP) is 14.3. The zero-order chi connectivity index (χ0) is 59.3. The number of nitrogens with zero attached hydrogens (tertiary/aromatic N) is 3. The van der Waals surface area contributed by atoms with Gasteiger partial charge in [0.1, 0.15) is 29.8 Å². The molecule has 10 rings (SSSR count). The molecule has 2 aromatic heterocycles. The summed E-state index contributed by atoms with van der Waals surface area (Å²) in [6, 6.07) is 29.6. The van der Waals surface area contributed by atoms with Crippen LogP contribution in [0.5, 0.6) is 0 Å². The smallest absolute Gasteiger partial charge is 0.249 e. The van der Waals surface area contributed by atoms with E-state index in [0.29, 0.717) is 45.3 Å². The van der Waals surface area contributed by atoms with E-state index in [2.05, 4.69) is 69.4 Å². The first-order chi connectivity index (χ1) is 39.6. The Morgan fingerprint density at radius 1 is 0.627 bits per heavy atom. The Balaban J connectivity index is 0.000000201. The first-order valence-corrected chi connectivity index (χ1v) is 28.9. The maximum atomic E-state index is 14.2. The predicted molar refractivity (Wildman–Crippen MR) is 321 cm³/mol. The topological polar surface area (TPSA) is 138 Å². The summed E-state index contributed by atoms with van der Waals surface area (Å²) in [5.74, 6) is -2.00. The minimum atomic E-state index is -0.855. The summed E-state index contributed by atoms with van der Waals surface area (Å²) < 4.78 is 58.0. The number of Topliss-reactive ketones (excluding diaryl/α,β-unsaturated/α-hetero) is 2. The Hall–Kier alpha value is -6.91. The van der Waals surface area contributed by atoms with E-state index in [1.165, 1.54) is 36.9 Å². The molecule has 436 valence electrons. The van der Waals surface area contributed by atoms with E-state index < -0.39 is 11.6 Å². The molecule has 83 heavy (non-hydrogen) atoms. The fraction of sp³-hybridized carbons (Fsp3) is 0.406. The number of nitrogens with one attached hydrogen (secondary N) is 1. The van der Waals surface area contributed by atoms with Gasteiger partial charge in [-0.2, -0.15) is 0 Å². The quantitative estimate of drug-likeness (QED) is 0.112. The summed E-state index contributed by atoms with van der Waals surface area (Å²) in [6.07, 6.45) is 9.05. The fourth-order valence-corrected chi connectivity index (χ4v) is 12.0. The molecule has 14 heteroatoms. The van der Waals surface area contributed by atoms with Crippen LogP contribution < -0.4 is 5.32 Å². The van der Waals surface area contributed by atoms with Crippen molar-refractivity contribution in [2.75, 3.05) is 13.7 Å². The molecule has 0 radical (unpaired) electrons. The molecule has 0 aliphatic carbocycles. The van der Waals surface area contributed by atoms with Crippen molar-refractivity contribution < 1.29 is 46.8 Å². The first-order valence-electron chi connectivity index (χ1n) is 28.9. The molecule has 4 aliphatic rings. The van der Waals surface area contributed by atoms with E-state index in [1.807, 2.05) is 76.2 Å². The lowest BCUT2D eigenvalue weighted by Gasteiger charge is -2.39. The number of rotatable bonds is 14.